The van der Waals surface area contributed by atoms with Gasteiger partial charge in [0.2, 0.25) is 0 Å². The molecule has 0 radical (unpaired) electrons. The van der Waals surface area contributed by atoms with Gasteiger partial charge in [-0.25, -0.2) is 0 Å². The van der Waals surface area contributed by atoms with E-state index >= 15 is 0 Å². The summed E-state index contributed by atoms with van der Waals surface area (Å²) in [5.74, 6) is 0.748. The van der Waals surface area contributed by atoms with Crippen molar-refractivity contribution >= 4 is 17.1 Å². The molecular weight excluding hydrogens is 258 g/mol. The van der Waals surface area contributed by atoms with Crippen LogP contribution in [0.1, 0.15) is 5.56 Å². The van der Waals surface area contributed by atoms with Gasteiger partial charge in [0.1, 0.15) is 11.4 Å². The lowest BCUT2D eigenvalue weighted by Crippen LogP contribution is -2.02. The van der Waals surface area contributed by atoms with E-state index < -0.39 is 4.92 Å². The molecule has 0 aliphatic heterocycles. The third kappa shape index (κ3) is 3.17. The molecule has 20 heavy (non-hydrogen) atoms. The number of rotatable bonds is 5. The predicted molar refractivity (Wildman–Crippen MR) is 77.8 cm³/mol. The lowest BCUT2D eigenvalue weighted by molar-refractivity contribution is -0.383. The number of hydrogen-bond donors (Lipinski definition) is 2. The van der Waals surface area contributed by atoms with E-state index in [1.165, 1.54) is 6.07 Å². The lowest BCUT2D eigenvalue weighted by Gasteiger charge is -2.08. The molecule has 0 heterocycles. The van der Waals surface area contributed by atoms with E-state index in [1.807, 2.05) is 24.3 Å². The fourth-order valence-corrected chi connectivity index (χ4v) is 1.79. The molecule has 0 aliphatic rings. The molecule has 0 spiro atoms. The second-order valence-corrected chi connectivity index (χ2v) is 4.24. The van der Waals surface area contributed by atoms with Crippen LogP contribution in [0, 0.1) is 10.1 Å². The Morgan fingerprint density at radius 1 is 1.30 bits per heavy atom. The minimum Gasteiger partial charge on any atom is -0.497 e. The first-order chi connectivity index (χ1) is 9.60. The van der Waals surface area contributed by atoms with E-state index in [0.29, 0.717) is 6.54 Å². The topological polar surface area (TPSA) is 90.4 Å². The van der Waals surface area contributed by atoms with E-state index in [4.69, 9.17) is 10.5 Å². The van der Waals surface area contributed by atoms with E-state index in [0.717, 1.165) is 17.0 Å². The smallest absolute Gasteiger partial charge is 0.292 e. The number of nitrogens with one attached hydrogen (secondary N) is 1. The first-order valence-corrected chi connectivity index (χ1v) is 6.01. The predicted octanol–water partition coefficient (Wildman–Crippen LogP) is 2.80. The van der Waals surface area contributed by atoms with Crippen LogP contribution in [0.5, 0.6) is 5.75 Å². The summed E-state index contributed by atoms with van der Waals surface area (Å²) in [5.41, 5.74) is 7.31. The number of nitro benzene ring substituents is 1. The largest absolute Gasteiger partial charge is 0.497 e. The zero-order chi connectivity index (χ0) is 14.5. The third-order valence-electron chi connectivity index (χ3n) is 2.86. The quantitative estimate of drug-likeness (QED) is 0.496. The maximum absolute atomic E-state index is 10.8. The van der Waals surface area contributed by atoms with Crippen molar-refractivity contribution in [2.75, 3.05) is 18.2 Å². The van der Waals surface area contributed by atoms with Crippen LogP contribution in [-0.4, -0.2) is 12.0 Å². The van der Waals surface area contributed by atoms with Gasteiger partial charge in [0.25, 0.3) is 5.69 Å². The Morgan fingerprint density at radius 3 is 2.80 bits per heavy atom. The van der Waals surface area contributed by atoms with Crippen LogP contribution < -0.4 is 15.8 Å². The monoisotopic (exact) mass is 273 g/mol. The molecular formula is C14H15N3O3. The van der Waals surface area contributed by atoms with Crippen molar-refractivity contribution in [3.8, 4) is 5.75 Å². The lowest BCUT2D eigenvalue weighted by atomic mass is 10.1. The Labute approximate surface area is 116 Å². The standard InChI is InChI=1S/C14H15N3O3/c1-20-12-4-2-3-11(8-12)16-9-10-5-6-13(15)14(7-10)17(18)19/h2-8,16H,9,15H2,1H3. The number of nitrogens with zero attached hydrogens (tertiary/aromatic N) is 1. The van der Waals surface area contributed by atoms with Crippen molar-refractivity contribution in [1.29, 1.82) is 0 Å². The minimum atomic E-state index is -0.482. The van der Waals surface area contributed by atoms with Crippen molar-refractivity contribution in [2.45, 2.75) is 6.54 Å². The van der Waals surface area contributed by atoms with Crippen molar-refractivity contribution in [3.05, 3.63) is 58.1 Å². The first kappa shape index (κ1) is 13.7. The molecule has 3 N–H and O–H groups in total. The molecule has 2 aromatic carbocycles. The fourth-order valence-electron chi connectivity index (χ4n) is 1.79. The van der Waals surface area contributed by atoms with Gasteiger partial charge in [0.15, 0.2) is 0 Å². The molecule has 6 heteroatoms. The molecule has 0 bridgehead atoms. The number of nitro groups is 1. The Hall–Kier alpha value is -2.76. The maximum Gasteiger partial charge on any atom is 0.292 e. The van der Waals surface area contributed by atoms with Gasteiger partial charge in [-0.05, 0) is 23.8 Å². The Morgan fingerprint density at radius 2 is 2.10 bits per heavy atom. The summed E-state index contributed by atoms with van der Waals surface area (Å²) < 4.78 is 5.13. The maximum atomic E-state index is 10.8. The Bertz CT molecular complexity index is 629. The van der Waals surface area contributed by atoms with E-state index in [9.17, 15) is 10.1 Å². The van der Waals surface area contributed by atoms with Crippen LogP contribution in [0.15, 0.2) is 42.5 Å². The second kappa shape index (κ2) is 5.92. The summed E-state index contributed by atoms with van der Waals surface area (Å²) in [6, 6.07) is 12.2. The molecule has 0 saturated carbocycles. The van der Waals surface area contributed by atoms with Crippen molar-refractivity contribution in [1.82, 2.24) is 0 Å². The number of ether oxygens (including phenoxy) is 1. The molecule has 0 fully saturated rings. The summed E-state index contributed by atoms with van der Waals surface area (Å²) in [5, 5.41) is 14.0. The minimum absolute atomic E-state index is 0.0741. The average Bonchev–Trinajstić information content (AvgIpc) is 2.46. The Balaban J connectivity index is 2.10. The van der Waals surface area contributed by atoms with Crippen LogP contribution in [0.25, 0.3) is 0 Å². The highest BCUT2D eigenvalue weighted by atomic mass is 16.6. The molecule has 0 saturated heterocycles. The SMILES string of the molecule is COc1cccc(NCc2ccc(N)c([N+](=O)[O-])c2)c1. The number of nitrogen functional groups attached to an aromatic ring is 1. The van der Waals surface area contributed by atoms with Crippen molar-refractivity contribution in [3.63, 3.8) is 0 Å². The van der Waals surface area contributed by atoms with Gasteiger partial charge in [-0.3, -0.25) is 10.1 Å². The van der Waals surface area contributed by atoms with E-state index in [1.54, 1.807) is 19.2 Å². The van der Waals surface area contributed by atoms with Gasteiger partial charge in [0.05, 0.1) is 12.0 Å². The van der Waals surface area contributed by atoms with Gasteiger partial charge in [-0.1, -0.05) is 12.1 Å². The van der Waals surface area contributed by atoms with Crippen LogP contribution in [0.4, 0.5) is 17.1 Å². The van der Waals surface area contributed by atoms with Crippen LogP contribution in [0.2, 0.25) is 0 Å². The van der Waals surface area contributed by atoms with Crippen LogP contribution in [0.3, 0.4) is 0 Å². The summed E-state index contributed by atoms with van der Waals surface area (Å²) >= 11 is 0. The molecule has 0 aliphatic carbocycles. The summed E-state index contributed by atoms with van der Waals surface area (Å²) in [6.45, 7) is 0.467. The van der Waals surface area contributed by atoms with Crippen LogP contribution >= 0.6 is 0 Å². The number of nitrogens with two attached hydrogens (primary N) is 1. The van der Waals surface area contributed by atoms with Gasteiger partial charge >= 0.3 is 0 Å². The zero-order valence-corrected chi connectivity index (χ0v) is 11.0. The van der Waals surface area contributed by atoms with Gasteiger partial charge in [-0.15, -0.1) is 0 Å². The molecule has 6 nitrogen and oxygen atoms in total. The Kier molecular flexibility index (Phi) is 4.05. The fraction of sp³-hybridized carbons (Fsp3) is 0.143. The highest BCUT2D eigenvalue weighted by Gasteiger charge is 2.11. The number of hydrogen-bond acceptors (Lipinski definition) is 5. The van der Waals surface area contributed by atoms with Crippen LogP contribution in [-0.2, 0) is 6.54 Å². The normalized spacial score (nSPS) is 10.1. The van der Waals surface area contributed by atoms with Gasteiger partial charge in [0, 0.05) is 24.4 Å². The first-order valence-electron chi connectivity index (χ1n) is 6.01. The summed E-state index contributed by atoms with van der Waals surface area (Å²) in [6.07, 6.45) is 0. The molecule has 0 amide bonds. The summed E-state index contributed by atoms with van der Waals surface area (Å²) in [7, 11) is 1.60. The number of methoxy groups -OCH3 is 1. The van der Waals surface area contributed by atoms with E-state index in [-0.39, 0.29) is 11.4 Å². The number of anilines is 2. The highest BCUT2D eigenvalue weighted by molar-refractivity contribution is 5.59. The van der Waals surface area contributed by atoms with Gasteiger partial charge < -0.3 is 15.8 Å². The molecule has 0 unspecified atom stereocenters. The second-order valence-electron chi connectivity index (χ2n) is 4.24. The molecule has 0 aromatic heterocycles. The third-order valence-corrected chi connectivity index (χ3v) is 2.86. The van der Waals surface area contributed by atoms with E-state index in [2.05, 4.69) is 5.32 Å². The molecule has 2 aromatic rings. The number of benzene rings is 2. The van der Waals surface area contributed by atoms with Crippen molar-refractivity contribution < 1.29 is 9.66 Å². The highest BCUT2D eigenvalue weighted by Crippen LogP contribution is 2.23. The molecule has 2 rings (SSSR count). The average molecular weight is 273 g/mol. The summed E-state index contributed by atoms with van der Waals surface area (Å²) in [4.78, 5) is 10.3. The zero-order valence-electron chi connectivity index (χ0n) is 11.0. The molecule has 0 atom stereocenters. The van der Waals surface area contributed by atoms with Gasteiger partial charge in [-0.2, -0.15) is 0 Å². The van der Waals surface area contributed by atoms with Crippen molar-refractivity contribution in [2.24, 2.45) is 0 Å². The molecule has 104 valence electrons.